The van der Waals surface area contributed by atoms with Crippen LogP contribution in [0.5, 0.6) is 17.4 Å². The molecule has 8 heteroatoms. The number of aromatic nitrogens is 2. The zero-order valence-electron chi connectivity index (χ0n) is 14.0. The van der Waals surface area contributed by atoms with Crippen LogP contribution in [0.3, 0.4) is 0 Å². The summed E-state index contributed by atoms with van der Waals surface area (Å²) < 4.78 is 25.0. The van der Waals surface area contributed by atoms with Gasteiger partial charge in [0.1, 0.15) is 29.9 Å². The second kappa shape index (κ2) is 6.85. The van der Waals surface area contributed by atoms with E-state index in [1.165, 1.54) is 30.6 Å². The van der Waals surface area contributed by atoms with E-state index in [1.54, 1.807) is 17.0 Å². The Kier molecular flexibility index (Phi) is 4.37. The van der Waals surface area contributed by atoms with Crippen LogP contribution in [0.2, 0.25) is 5.02 Å². The summed E-state index contributed by atoms with van der Waals surface area (Å²) in [5.74, 6) is 0.193. The number of nitrogens with zero attached hydrogens (tertiary/aromatic N) is 3. The molecule has 0 saturated heterocycles. The average Bonchev–Trinajstić information content (AvgIpc) is 2.69. The zero-order chi connectivity index (χ0) is 19.0. The molecule has 0 N–H and O–H groups in total. The summed E-state index contributed by atoms with van der Waals surface area (Å²) in [7, 11) is 0. The molecule has 0 bridgehead atoms. The standard InChI is InChI=1S/C19H13ClFN3O3/c1-2-16(25)24-7-8-26-18-15(24)6-5-14-17(18)19(23-10-22-14)27-11-3-4-13(21)12(20)9-11/h2-6,9-10H,1,7-8H2. The molecule has 3 aromatic rings. The molecule has 1 aromatic heterocycles. The van der Waals surface area contributed by atoms with E-state index in [0.717, 1.165) is 0 Å². The van der Waals surface area contributed by atoms with Gasteiger partial charge < -0.3 is 14.4 Å². The van der Waals surface area contributed by atoms with Crippen molar-refractivity contribution in [3.8, 4) is 17.4 Å². The first kappa shape index (κ1) is 17.2. The van der Waals surface area contributed by atoms with Gasteiger partial charge in [0.25, 0.3) is 5.91 Å². The number of hydrogen-bond donors (Lipinski definition) is 0. The summed E-state index contributed by atoms with van der Waals surface area (Å²) in [6, 6.07) is 7.51. The maximum absolute atomic E-state index is 13.4. The van der Waals surface area contributed by atoms with Crippen molar-refractivity contribution in [2.75, 3.05) is 18.1 Å². The summed E-state index contributed by atoms with van der Waals surface area (Å²) in [4.78, 5) is 22.1. The van der Waals surface area contributed by atoms with E-state index in [-0.39, 0.29) is 16.8 Å². The van der Waals surface area contributed by atoms with Gasteiger partial charge in [-0.3, -0.25) is 4.79 Å². The molecule has 0 spiro atoms. The van der Waals surface area contributed by atoms with Crippen LogP contribution in [0.4, 0.5) is 10.1 Å². The van der Waals surface area contributed by atoms with E-state index in [2.05, 4.69) is 16.5 Å². The van der Waals surface area contributed by atoms with Crippen LogP contribution in [0.15, 0.2) is 49.3 Å². The highest BCUT2D eigenvalue weighted by Gasteiger charge is 2.26. The highest BCUT2D eigenvalue weighted by atomic mass is 35.5. The number of hydrogen-bond acceptors (Lipinski definition) is 5. The molecule has 2 heterocycles. The van der Waals surface area contributed by atoms with Gasteiger partial charge in [-0.25, -0.2) is 14.4 Å². The predicted molar refractivity (Wildman–Crippen MR) is 99.1 cm³/mol. The van der Waals surface area contributed by atoms with E-state index < -0.39 is 5.82 Å². The number of fused-ring (bicyclic) bond motifs is 3. The van der Waals surface area contributed by atoms with Crippen molar-refractivity contribution >= 4 is 34.1 Å². The lowest BCUT2D eigenvalue weighted by Crippen LogP contribution is -2.36. The average molecular weight is 386 g/mol. The van der Waals surface area contributed by atoms with Crippen molar-refractivity contribution in [2.45, 2.75) is 0 Å². The minimum atomic E-state index is -0.546. The highest BCUT2D eigenvalue weighted by Crippen LogP contribution is 2.42. The van der Waals surface area contributed by atoms with Gasteiger partial charge in [0.2, 0.25) is 5.88 Å². The molecule has 0 saturated carbocycles. The van der Waals surface area contributed by atoms with Gasteiger partial charge in [-0.15, -0.1) is 0 Å². The first-order chi connectivity index (χ1) is 13.1. The molecule has 2 aromatic carbocycles. The smallest absolute Gasteiger partial charge is 0.250 e. The van der Waals surface area contributed by atoms with E-state index in [0.29, 0.717) is 41.2 Å². The topological polar surface area (TPSA) is 64.6 Å². The fraction of sp³-hybridized carbons (Fsp3) is 0.105. The van der Waals surface area contributed by atoms with Gasteiger partial charge in [-0.05, 0) is 30.3 Å². The van der Waals surface area contributed by atoms with Gasteiger partial charge >= 0.3 is 0 Å². The van der Waals surface area contributed by atoms with Crippen molar-refractivity contribution in [1.82, 2.24) is 9.97 Å². The van der Waals surface area contributed by atoms with Gasteiger partial charge in [-0.2, -0.15) is 0 Å². The summed E-state index contributed by atoms with van der Waals surface area (Å²) in [5, 5.41) is 0.448. The Morgan fingerprint density at radius 3 is 2.96 bits per heavy atom. The molecule has 0 unspecified atom stereocenters. The molecule has 1 amide bonds. The molecule has 4 rings (SSSR count). The highest BCUT2D eigenvalue weighted by molar-refractivity contribution is 6.30. The van der Waals surface area contributed by atoms with Crippen LogP contribution in [0.25, 0.3) is 10.9 Å². The van der Waals surface area contributed by atoms with Crippen LogP contribution in [0.1, 0.15) is 0 Å². The minimum absolute atomic E-state index is 0.0631. The zero-order valence-corrected chi connectivity index (χ0v) is 14.7. The fourth-order valence-electron chi connectivity index (χ4n) is 2.87. The first-order valence-corrected chi connectivity index (χ1v) is 8.43. The molecule has 136 valence electrons. The Morgan fingerprint density at radius 1 is 1.33 bits per heavy atom. The number of amides is 1. The summed E-state index contributed by atoms with van der Waals surface area (Å²) >= 11 is 5.82. The fourth-order valence-corrected chi connectivity index (χ4v) is 3.04. The van der Waals surface area contributed by atoms with Gasteiger partial charge in [0.05, 0.1) is 22.8 Å². The Morgan fingerprint density at radius 2 is 2.19 bits per heavy atom. The van der Waals surface area contributed by atoms with Crippen LogP contribution < -0.4 is 14.4 Å². The second-order valence-electron chi connectivity index (χ2n) is 5.71. The third-order valence-corrected chi connectivity index (χ3v) is 4.39. The Bertz CT molecular complexity index is 1070. The SMILES string of the molecule is C=CC(=O)N1CCOc2c1ccc1ncnc(Oc3ccc(F)c(Cl)c3)c21. The largest absolute Gasteiger partial charge is 0.489 e. The van der Waals surface area contributed by atoms with Crippen molar-refractivity contribution in [2.24, 2.45) is 0 Å². The van der Waals surface area contributed by atoms with Crippen molar-refractivity contribution in [1.29, 1.82) is 0 Å². The van der Waals surface area contributed by atoms with Crippen molar-refractivity contribution in [3.63, 3.8) is 0 Å². The summed E-state index contributed by atoms with van der Waals surface area (Å²) in [6.45, 7) is 4.25. The Balaban J connectivity index is 1.85. The lowest BCUT2D eigenvalue weighted by Gasteiger charge is -2.29. The van der Waals surface area contributed by atoms with Gasteiger partial charge in [0, 0.05) is 6.07 Å². The molecule has 0 radical (unpaired) electrons. The van der Waals surface area contributed by atoms with Crippen LogP contribution in [0, 0.1) is 5.82 Å². The molecular weight excluding hydrogens is 373 g/mol. The van der Waals surface area contributed by atoms with Gasteiger partial charge in [-0.1, -0.05) is 18.2 Å². The second-order valence-corrected chi connectivity index (χ2v) is 6.11. The maximum atomic E-state index is 13.4. The number of anilines is 1. The van der Waals surface area contributed by atoms with Crippen LogP contribution in [-0.2, 0) is 4.79 Å². The predicted octanol–water partition coefficient (Wildman–Crippen LogP) is 4.13. The van der Waals surface area contributed by atoms with Gasteiger partial charge in [0.15, 0.2) is 5.75 Å². The molecule has 0 fully saturated rings. The van der Waals surface area contributed by atoms with E-state index in [9.17, 15) is 9.18 Å². The van der Waals surface area contributed by atoms with Crippen LogP contribution >= 0.6 is 11.6 Å². The molecular formula is C19H13ClFN3O3. The lowest BCUT2D eigenvalue weighted by atomic mass is 10.1. The third kappa shape index (κ3) is 3.06. The number of carbonyl (C=O) groups excluding carboxylic acids is 1. The number of ether oxygens (including phenoxy) is 2. The first-order valence-electron chi connectivity index (χ1n) is 8.06. The number of rotatable bonds is 3. The summed E-state index contributed by atoms with van der Waals surface area (Å²) in [5.41, 5.74) is 1.16. The Hall–Kier alpha value is -3.19. The van der Waals surface area contributed by atoms with Crippen LogP contribution in [-0.4, -0.2) is 29.0 Å². The number of benzene rings is 2. The third-order valence-electron chi connectivity index (χ3n) is 4.10. The van der Waals surface area contributed by atoms with E-state index in [1.807, 2.05) is 0 Å². The summed E-state index contributed by atoms with van der Waals surface area (Å²) in [6.07, 6.45) is 2.60. The lowest BCUT2D eigenvalue weighted by molar-refractivity contribution is -0.114. The minimum Gasteiger partial charge on any atom is -0.489 e. The molecule has 1 aliphatic rings. The molecule has 27 heavy (non-hydrogen) atoms. The molecule has 1 aliphatic heterocycles. The van der Waals surface area contributed by atoms with Crippen molar-refractivity contribution < 1.29 is 18.7 Å². The maximum Gasteiger partial charge on any atom is 0.250 e. The molecule has 6 nitrogen and oxygen atoms in total. The normalized spacial score (nSPS) is 13.0. The Labute approximate surface area is 158 Å². The monoisotopic (exact) mass is 385 g/mol. The quantitative estimate of drug-likeness (QED) is 0.634. The molecule has 0 aliphatic carbocycles. The van der Waals surface area contributed by atoms with Crippen molar-refractivity contribution in [3.05, 3.63) is 60.2 Å². The number of carbonyl (C=O) groups is 1. The molecule has 0 atom stereocenters. The van der Waals surface area contributed by atoms with E-state index in [4.69, 9.17) is 21.1 Å². The van der Waals surface area contributed by atoms with E-state index >= 15 is 0 Å². The number of halogens is 2.